The minimum Gasteiger partial charge on any atom is -0.262 e. The van der Waals surface area contributed by atoms with Gasteiger partial charge in [0.25, 0.3) is 10.1 Å². The van der Waals surface area contributed by atoms with Crippen LogP contribution < -0.4 is 0 Å². The van der Waals surface area contributed by atoms with Crippen molar-refractivity contribution in [3.05, 3.63) is 30.3 Å². The number of rotatable bonds is 3. The Hall–Kier alpha value is -0.920. The van der Waals surface area contributed by atoms with Gasteiger partial charge in [-0.3, -0.25) is 4.18 Å². The molecule has 2 rings (SSSR count). The standard InChI is InChI=1S/C10H12O5S2/c11-16(12)7-6-9(8-16)15-17(13,14)10-4-2-1-3-5-10/h1-5,9H,6-8H2/t9-/m1/s1. The van der Waals surface area contributed by atoms with Crippen LogP contribution in [0.25, 0.3) is 0 Å². The van der Waals surface area contributed by atoms with Crippen LogP contribution in [0.15, 0.2) is 35.2 Å². The van der Waals surface area contributed by atoms with E-state index < -0.39 is 26.1 Å². The van der Waals surface area contributed by atoms with Gasteiger partial charge in [-0.05, 0) is 18.6 Å². The Morgan fingerprint density at radius 2 is 1.82 bits per heavy atom. The summed E-state index contributed by atoms with van der Waals surface area (Å²) in [5.74, 6) is -0.235. The predicted octanol–water partition coefficient (Wildman–Crippen LogP) is 0.579. The molecule has 0 saturated carbocycles. The van der Waals surface area contributed by atoms with Crippen LogP contribution in [0, 0.1) is 0 Å². The third-order valence-electron chi connectivity index (χ3n) is 2.49. The third kappa shape index (κ3) is 3.05. The molecule has 1 aliphatic rings. The molecule has 0 spiro atoms. The van der Waals surface area contributed by atoms with E-state index in [0.29, 0.717) is 0 Å². The van der Waals surface area contributed by atoms with Gasteiger partial charge >= 0.3 is 0 Å². The van der Waals surface area contributed by atoms with Crippen LogP contribution in [0.4, 0.5) is 0 Å². The second-order valence-corrected chi connectivity index (χ2v) is 7.69. The van der Waals surface area contributed by atoms with Crippen molar-refractivity contribution in [3.63, 3.8) is 0 Å². The van der Waals surface area contributed by atoms with Crippen LogP contribution in [0.5, 0.6) is 0 Å². The largest absolute Gasteiger partial charge is 0.297 e. The lowest BCUT2D eigenvalue weighted by Crippen LogP contribution is -2.19. The van der Waals surface area contributed by atoms with E-state index in [9.17, 15) is 16.8 Å². The van der Waals surface area contributed by atoms with Gasteiger partial charge in [0.05, 0.1) is 22.5 Å². The van der Waals surface area contributed by atoms with Crippen molar-refractivity contribution in [1.29, 1.82) is 0 Å². The van der Waals surface area contributed by atoms with Gasteiger partial charge in [0.15, 0.2) is 9.84 Å². The molecule has 7 heteroatoms. The van der Waals surface area contributed by atoms with Crippen LogP contribution in [0.2, 0.25) is 0 Å². The molecule has 94 valence electrons. The summed E-state index contributed by atoms with van der Waals surface area (Å²) in [5, 5.41) is 0. The number of hydrogen-bond acceptors (Lipinski definition) is 5. The molecule has 0 radical (unpaired) electrons. The van der Waals surface area contributed by atoms with Crippen LogP contribution in [0.3, 0.4) is 0 Å². The Labute approximate surface area is 100 Å². The zero-order chi connectivity index (χ0) is 12.5. The van der Waals surface area contributed by atoms with E-state index in [2.05, 4.69) is 0 Å². The average Bonchev–Trinajstić information content (AvgIpc) is 2.58. The number of sulfone groups is 1. The van der Waals surface area contributed by atoms with E-state index >= 15 is 0 Å². The Bertz CT molecular complexity index is 589. The Kier molecular flexibility index (Phi) is 3.24. The summed E-state index contributed by atoms with van der Waals surface area (Å²) in [6.45, 7) is 0. The molecular formula is C10H12O5S2. The molecule has 0 aliphatic carbocycles. The normalized spacial score (nSPS) is 23.6. The molecule has 0 bridgehead atoms. The van der Waals surface area contributed by atoms with E-state index in [1.807, 2.05) is 0 Å². The maximum Gasteiger partial charge on any atom is 0.297 e. The zero-order valence-electron chi connectivity index (χ0n) is 8.94. The van der Waals surface area contributed by atoms with Gasteiger partial charge in [-0.1, -0.05) is 18.2 Å². The van der Waals surface area contributed by atoms with Crippen molar-refractivity contribution in [1.82, 2.24) is 0 Å². The third-order valence-corrected chi connectivity index (χ3v) is 5.60. The highest BCUT2D eigenvalue weighted by Crippen LogP contribution is 2.20. The maximum atomic E-state index is 11.8. The number of hydrogen-bond donors (Lipinski definition) is 0. The van der Waals surface area contributed by atoms with E-state index in [-0.39, 0.29) is 22.8 Å². The molecule has 1 aliphatic heterocycles. The van der Waals surface area contributed by atoms with Crippen LogP contribution in [-0.2, 0) is 24.1 Å². The Morgan fingerprint density at radius 3 is 2.35 bits per heavy atom. The average molecular weight is 276 g/mol. The second kappa shape index (κ2) is 4.40. The SMILES string of the molecule is O=S1(=O)CC[C@@H](OS(=O)(=O)c2ccccc2)C1. The molecule has 1 fully saturated rings. The lowest BCUT2D eigenvalue weighted by molar-refractivity contribution is 0.236. The minimum absolute atomic E-state index is 0.0119. The van der Waals surface area contributed by atoms with E-state index in [4.69, 9.17) is 4.18 Å². The van der Waals surface area contributed by atoms with Crippen LogP contribution in [0.1, 0.15) is 6.42 Å². The van der Waals surface area contributed by atoms with E-state index in [1.54, 1.807) is 18.2 Å². The van der Waals surface area contributed by atoms with Crippen molar-refractivity contribution in [2.45, 2.75) is 17.4 Å². The fraction of sp³-hybridized carbons (Fsp3) is 0.400. The van der Waals surface area contributed by atoms with Gasteiger partial charge in [-0.2, -0.15) is 8.42 Å². The quantitative estimate of drug-likeness (QED) is 0.755. The molecule has 0 N–H and O–H groups in total. The highest BCUT2D eigenvalue weighted by molar-refractivity contribution is 7.91. The monoisotopic (exact) mass is 276 g/mol. The van der Waals surface area contributed by atoms with Crippen molar-refractivity contribution >= 4 is 20.0 Å². The molecule has 17 heavy (non-hydrogen) atoms. The predicted molar refractivity (Wildman–Crippen MR) is 61.8 cm³/mol. The van der Waals surface area contributed by atoms with Gasteiger partial charge in [-0.25, -0.2) is 8.42 Å². The summed E-state index contributed by atoms with van der Waals surface area (Å²) in [4.78, 5) is 0.0456. The summed E-state index contributed by atoms with van der Waals surface area (Å²) in [6.07, 6.45) is -0.529. The van der Waals surface area contributed by atoms with Gasteiger partial charge in [0, 0.05) is 0 Å². The first-order valence-corrected chi connectivity index (χ1v) is 8.31. The lowest BCUT2D eigenvalue weighted by Gasteiger charge is -2.09. The molecular weight excluding hydrogens is 264 g/mol. The maximum absolute atomic E-state index is 11.8. The fourth-order valence-electron chi connectivity index (χ4n) is 1.66. The first-order valence-electron chi connectivity index (χ1n) is 5.08. The van der Waals surface area contributed by atoms with Gasteiger partial charge < -0.3 is 0 Å². The van der Waals surface area contributed by atoms with Crippen LogP contribution in [-0.4, -0.2) is 34.4 Å². The summed E-state index contributed by atoms with van der Waals surface area (Å²) < 4.78 is 50.9. The zero-order valence-corrected chi connectivity index (χ0v) is 10.6. The van der Waals surface area contributed by atoms with Gasteiger partial charge in [0.1, 0.15) is 0 Å². The first-order chi connectivity index (χ1) is 7.89. The summed E-state index contributed by atoms with van der Waals surface area (Å²) in [6, 6.07) is 7.69. The molecule has 1 aromatic carbocycles. The molecule has 1 saturated heterocycles. The smallest absolute Gasteiger partial charge is 0.262 e. The Morgan fingerprint density at radius 1 is 1.18 bits per heavy atom. The summed E-state index contributed by atoms with van der Waals surface area (Å²) in [7, 11) is -7.00. The molecule has 1 heterocycles. The molecule has 1 aromatic rings. The molecule has 5 nitrogen and oxygen atoms in total. The minimum atomic E-state index is -3.86. The second-order valence-electron chi connectivity index (χ2n) is 3.89. The van der Waals surface area contributed by atoms with Crippen LogP contribution >= 0.6 is 0 Å². The van der Waals surface area contributed by atoms with Gasteiger partial charge in [-0.15, -0.1) is 0 Å². The molecule has 0 unspecified atom stereocenters. The van der Waals surface area contributed by atoms with Crippen molar-refractivity contribution < 1.29 is 21.0 Å². The van der Waals surface area contributed by atoms with Gasteiger partial charge in [0.2, 0.25) is 0 Å². The summed E-state index contributed by atoms with van der Waals surface area (Å²) in [5.41, 5.74) is 0. The van der Waals surface area contributed by atoms with E-state index in [0.717, 1.165) is 0 Å². The fourth-order valence-corrected chi connectivity index (χ4v) is 4.46. The number of benzene rings is 1. The lowest BCUT2D eigenvalue weighted by atomic mass is 10.3. The summed E-state index contributed by atoms with van der Waals surface area (Å²) >= 11 is 0. The highest BCUT2D eigenvalue weighted by Gasteiger charge is 2.32. The Balaban J connectivity index is 2.15. The molecule has 0 amide bonds. The topological polar surface area (TPSA) is 77.5 Å². The van der Waals surface area contributed by atoms with Crippen molar-refractivity contribution in [2.24, 2.45) is 0 Å². The van der Waals surface area contributed by atoms with Crippen molar-refractivity contribution in [3.8, 4) is 0 Å². The highest BCUT2D eigenvalue weighted by atomic mass is 32.2. The molecule has 1 atom stereocenters. The van der Waals surface area contributed by atoms with Crippen molar-refractivity contribution in [2.75, 3.05) is 11.5 Å². The van der Waals surface area contributed by atoms with E-state index in [1.165, 1.54) is 12.1 Å². The molecule has 0 aromatic heterocycles. The first kappa shape index (κ1) is 12.5.